The van der Waals surface area contributed by atoms with Crippen LogP contribution < -0.4 is 0 Å². The molecule has 268 valence electrons. The van der Waals surface area contributed by atoms with Crippen molar-refractivity contribution in [3.8, 4) is 0 Å². The second kappa shape index (κ2) is 28.1. The maximum Gasteiger partial charge on any atom is 0.0639 e. The van der Waals surface area contributed by atoms with Gasteiger partial charge in [0.25, 0.3) is 0 Å². The molecule has 0 fully saturated rings. The predicted molar refractivity (Wildman–Crippen MR) is 208 cm³/mol. The van der Waals surface area contributed by atoms with E-state index in [1.165, 1.54) is 149 Å². The first-order valence-corrected chi connectivity index (χ1v) is 20.0. The Bertz CT molecular complexity index is 1080. The molecule has 47 heavy (non-hydrogen) atoms. The Balaban J connectivity index is 0.0000110. The fraction of sp³-hybridized carbons (Fsp3) is 0.682. The smallest absolute Gasteiger partial charge is 0.0639 e. The quantitative estimate of drug-likeness (QED) is 0.0507. The van der Waals surface area contributed by atoms with Gasteiger partial charge in [-0.15, -0.1) is 0 Å². The molecule has 0 N–H and O–H groups in total. The van der Waals surface area contributed by atoms with Crippen LogP contribution >= 0.6 is 0 Å². The van der Waals surface area contributed by atoms with E-state index in [4.69, 9.17) is 9.98 Å². The molecule has 0 aliphatic carbocycles. The molecule has 0 saturated heterocycles. The Labute approximate surface area is 302 Å². The van der Waals surface area contributed by atoms with E-state index in [0.29, 0.717) is 0 Å². The molecule has 0 amide bonds. The zero-order valence-corrected chi connectivity index (χ0v) is 32.6. The van der Waals surface area contributed by atoms with E-state index in [9.17, 15) is 0 Å². The third-order valence-corrected chi connectivity index (χ3v) is 9.42. The molecule has 0 aliphatic heterocycles. The zero-order valence-electron chi connectivity index (χ0n) is 31.6. The maximum atomic E-state index is 5.57. The average Bonchev–Trinajstić information content (AvgIpc) is 3.06. The SMILES string of the molecule is CCCCCCCCC(=Nc1cc(CC)cc(CC)c1)C(CCCCCCCC)=Nc1cc(CCCCC)cc(CCCCC)c1.[Ni]. The minimum absolute atomic E-state index is 0. The summed E-state index contributed by atoms with van der Waals surface area (Å²) in [6.07, 6.45) is 29.8. The molecule has 0 unspecified atom stereocenters. The van der Waals surface area contributed by atoms with Crippen LogP contribution in [0.2, 0.25) is 0 Å². The first kappa shape index (κ1) is 43.3. The van der Waals surface area contributed by atoms with E-state index in [0.717, 1.165) is 49.9 Å². The first-order chi connectivity index (χ1) is 22.6. The molecule has 0 saturated carbocycles. The van der Waals surface area contributed by atoms with Crippen LogP contribution in [0.15, 0.2) is 46.4 Å². The Morgan fingerprint density at radius 3 is 1.09 bits per heavy atom. The third kappa shape index (κ3) is 19.2. The molecular formula is C44H72N2Ni. The summed E-state index contributed by atoms with van der Waals surface area (Å²) >= 11 is 0. The average molecular weight is 688 g/mol. The molecular weight excluding hydrogens is 615 g/mol. The summed E-state index contributed by atoms with van der Waals surface area (Å²) in [5.41, 5.74) is 10.5. The van der Waals surface area contributed by atoms with Crippen molar-refractivity contribution in [1.29, 1.82) is 0 Å². The second-order valence-electron chi connectivity index (χ2n) is 13.8. The number of benzene rings is 2. The van der Waals surface area contributed by atoms with Crippen molar-refractivity contribution < 1.29 is 16.5 Å². The molecule has 0 radical (unpaired) electrons. The van der Waals surface area contributed by atoms with Crippen molar-refractivity contribution >= 4 is 22.8 Å². The van der Waals surface area contributed by atoms with Gasteiger partial charge in [-0.05, 0) is 111 Å². The molecule has 0 aliphatic rings. The van der Waals surface area contributed by atoms with E-state index in [1.807, 2.05) is 0 Å². The Morgan fingerprint density at radius 2 is 0.702 bits per heavy atom. The molecule has 0 atom stereocenters. The van der Waals surface area contributed by atoms with E-state index >= 15 is 0 Å². The topological polar surface area (TPSA) is 24.7 Å². The number of aliphatic imine (C=N–C) groups is 2. The summed E-state index contributed by atoms with van der Waals surface area (Å²) in [7, 11) is 0. The normalized spacial score (nSPS) is 12.0. The summed E-state index contributed by atoms with van der Waals surface area (Å²) in [4.78, 5) is 11.1. The second-order valence-corrected chi connectivity index (χ2v) is 13.8. The standard InChI is InChI=1S/C44H72N2.Ni/c1-7-13-17-19-21-25-29-43(45-41-33-37(11-5)31-38(12-6)34-41)44(30-26-22-20-18-14-8-2)46-42-35-39(27-23-15-9-3)32-40(36-42)28-24-16-10-4;/h31-36H,7-30H2,1-6H3;. The van der Waals surface area contributed by atoms with Crippen molar-refractivity contribution in [2.45, 2.75) is 196 Å². The summed E-state index contributed by atoms with van der Waals surface area (Å²) in [6.45, 7) is 13.7. The summed E-state index contributed by atoms with van der Waals surface area (Å²) in [5.74, 6) is 0. The van der Waals surface area contributed by atoms with Gasteiger partial charge in [0.2, 0.25) is 0 Å². The van der Waals surface area contributed by atoms with E-state index in [2.05, 4.69) is 77.9 Å². The molecule has 3 heteroatoms. The molecule has 0 aromatic heterocycles. The van der Waals surface area contributed by atoms with Gasteiger partial charge in [0.1, 0.15) is 0 Å². The molecule has 2 nitrogen and oxygen atoms in total. The number of unbranched alkanes of at least 4 members (excludes halogenated alkanes) is 14. The van der Waals surface area contributed by atoms with Crippen molar-refractivity contribution in [2.75, 3.05) is 0 Å². The Hall–Kier alpha value is -1.73. The Morgan fingerprint density at radius 1 is 0.383 bits per heavy atom. The fourth-order valence-corrected chi connectivity index (χ4v) is 6.46. The van der Waals surface area contributed by atoms with Crippen LogP contribution in [-0.2, 0) is 42.2 Å². The summed E-state index contributed by atoms with van der Waals surface area (Å²) in [5, 5.41) is 0. The van der Waals surface area contributed by atoms with Crippen LogP contribution in [0.4, 0.5) is 11.4 Å². The van der Waals surface area contributed by atoms with Gasteiger partial charge in [-0.1, -0.05) is 144 Å². The van der Waals surface area contributed by atoms with Crippen LogP contribution in [-0.4, -0.2) is 11.4 Å². The van der Waals surface area contributed by atoms with Crippen LogP contribution in [0, 0.1) is 0 Å². The third-order valence-electron chi connectivity index (χ3n) is 9.42. The molecule has 0 heterocycles. The molecule has 0 bridgehead atoms. The Kier molecular flexibility index (Phi) is 25.9. The molecule has 2 aromatic rings. The van der Waals surface area contributed by atoms with Crippen molar-refractivity contribution in [2.24, 2.45) is 9.98 Å². The number of hydrogen-bond acceptors (Lipinski definition) is 2. The molecule has 2 aromatic carbocycles. The monoisotopic (exact) mass is 687 g/mol. The fourth-order valence-electron chi connectivity index (χ4n) is 6.46. The van der Waals surface area contributed by atoms with Gasteiger partial charge in [0.15, 0.2) is 0 Å². The van der Waals surface area contributed by atoms with E-state index in [1.54, 1.807) is 0 Å². The van der Waals surface area contributed by atoms with Gasteiger partial charge in [-0.3, -0.25) is 9.98 Å². The van der Waals surface area contributed by atoms with Gasteiger partial charge in [-0.25, -0.2) is 0 Å². The van der Waals surface area contributed by atoms with E-state index < -0.39 is 0 Å². The van der Waals surface area contributed by atoms with Crippen molar-refractivity contribution in [3.63, 3.8) is 0 Å². The largest absolute Gasteiger partial charge is 0.252 e. The van der Waals surface area contributed by atoms with Gasteiger partial charge in [0, 0.05) is 16.5 Å². The van der Waals surface area contributed by atoms with Gasteiger partial charge in [0.05, 0.1) is 22.8 Å². The zero-order chi connectivity index (χ0) is 33.2. The van der Waals surface area contributed by atoms with Crippen LogP contribution in [0.5, 0.6) is 0 Å². The van der Waals surface area contributed by atoms with Gasteiger partial charge in [-0.2, -0.15) is 0 Å². The number of aryl methyl sites for hydroxylation is 4. The van der Waals surface area contributed by atoms with Crippen LogP contribution in [0.25, 0.3) is 0 Å². The molecule has 0 spiro atoms. The van der Waals surface area contributed by atoms with Crippen LogP contribution in [0.1, 0.15) is 192 Å². The number of rotatable bonds is 27. The summed E-state index contributed by atoms with van der Waals surface area (Å²) < 4.78 is 0. The predicted octanol–water partition coefficient (Wildman–Crippen LogP) is 14.6. The molecule has 2 rings (SSSR count). The minimum Gasteiger partial charge on any atom is -0.252 e. The number of hydrogen-bond donors (Lipinski definition) is 0. The maximum absolute atomic E-state index is 5.57. The van der Waals surface area contributed by atoms with Crippen molar-refractivity contribution in [3.05, 3.63) is 58.7 Å². The van der Waals surface area contributed by atoms with Gasteiger partial charge >= 0.3 is 0 Å². The summed E-state index contributed by atoms with van der Waals surface area (Å²) in [6, 6.07) is 14.3. The first-order valence-electron chi connectivity index (χ1n) is 20.0. The van der Waals surface area contributed by atoms with Crippen LogP contribution in [0.3, 0.4) is 0 Å². The number of nitrogens with zero attached hydrogens (tertiary/aromatic N) is 2. The van der Waals surface area contributed by atoms with Gasteiger partial charge < -0.3 is 0 Å². The van der Waals surface area contributed by atoms with E-state index in [-0.39, 0.29) is 16.5 Å². The van der Waals surface area contributed by atoms with Crippen molar-refractivity contribution in [1.82, 2.24) is 0 Å². The minimum atomic E-state index is 0.